The van der Waals surface area contributed by atoms with Crippen LogP contribution in [0.25, 0.3) is 11.0 Å². The lowest BCUT2D eigenvalue weighted by Gasteiger charge is -2.10. The summed E-state index contributed by atoms with van der Waals surface area (Å²) in [7, 11) is 0. The fourth-order valence-electron chi connectivity index (χ4n) is 3.10. The highest BCUT2D eigenvalue weighted by molar-refractivity contribution is 6.31. The Morgan fingerprint density at radius 2 is 1.91 bits per heavy atom. The van der Waals surface area contributed by atoms with Crippen LogP contribution in [-0.2, 0) is 6.54 Å². The molecule has 0 saturated heterocycles. The number of para-hydroxylation sites is 1. The molecule has 0 fully saturated rings. The molecule has 11 heteroatoms. The van der Waals surface area contributed by atoms with Gasteiger partial charge in [0.15, 0.2) is 17.5 Å². The third-order valence-electron chi connectivity index (χ3n) is 4.70. The topological polar surface area (TPSA) is 111 Å². The van der Waals surface area contributed by atoms with E-state index in [1.54, 1.807) is 12.1 Å². The molecule has 0 unspecified atom stereocenters. The van der Waals surface area contributed by atoms with E-state index in [0.717, 1.165) is 17.7 Å². The molecule has 0 amide bonds. The van der Waals surface area contributed by atoms with Gasteiger partial charge in [-0.1, -0.05) is 35.0 Å². The molecule has 1 aromatic heterocycles. The summed E-state index contributed by atoms with van der Waals surface area (Å²) in [5, 5.41) is 18.1. The predicted octanol–water partition coefficient (Wildman–Crippen LogP) is 5.08. The Balaban J connectivity index is 1.69. The average Bonchev–Trinajstić information content (AvgIpc) is 3.21. The molecule has 0 bridgehead atoms. The first-order chi connectivity index (χ1) is 15.4. The number of hydrogen-bond donors (Lipinski definition) is 5. The zero-order valence-corrected chi connectivity index (χ0v) is 17.0. The largest absolute Gasteiger partial charge is 0.409 e. The van der Waals surface area contributed by atoms with Gasteiger partial charge < -0.3 is 26.6 Å². The van der Waals surface area contributed by atoms with E-state index in [-0.39, 0.29) is 45.6 Å². The third kappa shape index (κ3) is 4.12. The molecule has 0 saturated carbocycles. The number of aromatic nitrogens is 2. The Hall–Kier alpha value is -3.92. The van der Waals surface area contributed by atoms with Gasteiger partial charge in [0.25, 0.3) is 0 Å². The standard InChI is InChI=1S/C21H16ClF3N6O/c22-13-7-11(5-6-14(13)23)28-20(31-32)12-8-15(24)17(25)19-18(12)29-21(30-19)27-9-10-3-1-2-4-16(10)26/h1-8,32H,9,26H2,(H,28,31)(H2,27,29,30). The zero-order valence-electron chi connectivity index (χ0n) is 16.3. The summed E-state index contributed by atoms with van der Waals surface area (Å²) >= 11 is 5.77. The number of hydrogen-bond acceptors (Lipinski definition) is 5. The molecule has 0 spiro atoms. The number of aromatic amines is 1. The van der Waals surface area contributed by atoms with E-state index in [0.29, 0.717) is 5.69 Å². The van der Waals surface area contributed by atoms with Gasteiger partial charge in [-0.15, -0.1) is 0 Å². The SMILES string of the molecule is Nc1ccccc1CNc1nc2c(F)c(F)cc(/C(=N/O)Nc3ccc(F)c(Cl)c3)c2[nH]1. The summed E-state index contributed by atoms with van der Waals surface area (Å²) in [6, 6.07) is 11.7. The van der Waals surface area contributed by atoms with E-state index >= 15 is 0 Å². The maximum atomic E-state index is 14.4. The van der Waals surface area contributed by atoms with Crippen LogP contribution in [0.2, 0.25) is 5.02 Å². The van der Waals surface area contributed by atoms with E-state index in [4.69, 9.17) is 17.3 Å². The van der Waals surface area contributed by atoms with Gasteiger partial charge >= 0.3 is 0 Å². The van der Waals surface area contributed by atoms with Crippen LogP contribution in [-0.4, -0.2) is 21.0 Å². The molecule has 0 radical (unpaired) electrons. The van der Waals surface area contributed by atoms with Crippen molar-refractivity contribution in [3.8, 4) is 0 Å². The second-order valence-electron chi connectivity index (χ2n) is 6.78. The summed E-state index contributed by atoms with van der Waals surface area (Å²) in [5.41, 5.74) is 7.28. The lowest BCUT2D eigenvalue weighted by molar-refractivity contribution is 0.319. The van der Waals surface area contributed by atoms with Gasteiger partial charge in [0.1, 0.15) is 11.3 Å². The molecular formula is C21H16ClF3N6O. The molecule has 32 heavy (non-hydrogen) atoms. The fraction of sp³-hybridized carbons (Fsp3) is 0.0476. The Kier molecular flexibility index (Phi) is 5.78. The maximum Gasteiger partial charge on any atom is 0.201 e. The number of oxime groups is 1. The van der Waals surface area contributed by atoms with Gasteiger partial charge in [-0.2, -0.15) is 0 Å². The molecule has 0 aliphatic carbocycles. The highest BCUT2D eigenvalue weighted by Crippen LogP contribution is 2.27. The summed E-state index contributed by atoms with van der Waals surface area (Å²) < 4.78 is 42.1. The van der Waals surface area contributed by atoms with Crippen LogP contribution in [0.5, 0.6) is 0 Å². The Morgan fingerprint density at radius 1 is 1.12 bits per heavy atom. The van der Waals surface area contributed by atoms with Gasteiger partial charge in [0.05, 0.1) is 10.5 Å². The minimum Gasteiger partial charge on any atom is -0.409 e. The summed E-state index contributed by atoms with van der Waals surface area (Å²) in [6.45, 7) is 0.277. The lowest BCUT2D eigenvalue weighted by Crippen LogP contribution is -2.15. The Bertz CT molecular complexity index is 1340. The first-order valence-electron chi connectivity index (χ1n) is 9.27. The van der Waals surface area contributed by atoms with E-state index in [2.05, 4.69) is 25.8 Å². The molecule has 164 valence electrons. The third-order valence-corrected chi connectivity index (χ3v) is 4.99. The summed E-state index contributed by atoms with van der Waals surface area (Å²) in [6.07, 6.45) is 0. The molecule has 4 rings (SSSR count). The van der Waals surface area contributed by atoms with Gasteiger partial charge in [-0.05, 0) is 35.9 Å². The first-order valence-corrected chi connectivity index (χ1v) is 9.64. The highest BCUT2D eigenvalue weighted by atomic mass is 35.5. The number of anilines is 3. The van der Waals surface area contributed by atoms with Crippen LogP contribution in [0, 0.1) is 17.5 Å². The smallest absolute Gasteiger partial charge is 0.201 e. The van der Waals surface area contributed by atoms with Crippen molar-refractivity contribution in [2.24, 2.45) is 5.16 Å². The van der Waals surface area contributed by atoms with Crippen molar-refractivity contribution in [1.29, 1.82) is 0 Å². The molecule has 0 aliphatic rings. The number of amidine groups is 1. The maximum absolute atomic E-state index is 14.4. The summed E-state index contributed by atoms with van der Waals surface area (Å²) in [5.74, 6) is -3.10. The second kappa shape index (κ2) is 8.67. The fourth-order valence-corrected chi connectivity index (χ4v) is 3.28. The van der Waals surface area contributed by atoms with Crippen LogP contribution < -0.4 is 16.4 Å². The number of benzene rings is 3. The van der Waals surface area contributed by atoms with Crippen molar-refractivity contribution in [2.75, 3.05) is 16.4 Å². The number of imidazole rings is 1. The van der Waals surface area contributed by atoms with Gasteiger partial charge in [-0.25, -0.2) is 18.2 Å². The van der Waals surface area contributed by atoms with E-state index in [9.17, 15) is 18.4 Å². The second-order valence-corrected chi connectivity index (χ2v) is 7.19. The number of rotatable bonds is 5. The number of nitrogens with one attached hydrogen (secondary N) is 3. The number of H-pyrrole nitrogens is 1. The molecule has 0 atom stereocenters. The van der Waals surface area contributed by atoms with Crippen LogP contribution in [0.1, 0.15) is 11.1 Å². The van der Waals surface area contributed by atoms with E-state index in [1.165, 1.54) is 12.1 Å². The van der Waals surface area contributed by atoms with Gasteiger partial charge in [0, 0.05) is 23.5 Å². The quantitative estimate of drug-likeness (QED) is 0.0937. The summed E-state index contributed by atoms with van der Waals surface area (Å²) in [4.78, 5) is 6.93. The molecular weight excluding hydrogens is 445 g/mol. The molecule has 3 aromatic carbocycles. The number of fused-ring (bicyclic) bond motifs is 1. The molecule has 4 aromatic rings. The van der Waals surface area contributed by atoms with Crippen LogP contribution >= 0.6 is 11.6 Å². The first kappa shape index (κ1) is 21.3. The zero-order chi connectivity index (χ0) is 22.8. The molecule has 1 heterocycles. The monoisotopic (exact) mass is 460 g/mol. The van der Waals surface area contributed by atoms with Crippen molar-refractivity contribution in [1.82, 2.24) is 9.97 Å². The normalized spacial score (nSPS) is 11.7. The number of nitrogens with zero attached hydrogens (tertiary/aromatic N) is 2. The molecule has 0 aliphatic heterocycles. The number of halogens is 4. The Morgan fingerprint density at radius 3 is 2.62 bits per heavy atom. The van der Waals surface area contributed by atoms with E-state index in [1.807, 2.05) is 12.1 Å². The van der Waals surface area contributed by atoms with Gasteiger partial charge in [-0.3, -0.25) is 0 Å². The lowest BCUT2D eigenvalue weighted by atomic mass is 10.1. The van der Waals surface area contributed by atoms with Crippen LogP contribution in [0.4, 0.5) is 30.5 Å². The predicted molar refractivity (Wildman–Crippen MR) is 118 cm³/mol. The minimum absolute atomic E-state index is 0.0124. The molecule has 6 N–H and O–H groups in total. The van der Waals surface area contributed by atoms with Gasteiger partial charge in [0.2, 0.25) is 5.95 Å². The van der Waals surface area contributed by atoms with Crippen molar-refractivity contribution in [2.45, 2.75) is 6.54 Å². The van der Waals surface area contributed by atoms with Crippen molar-refractivity contribution < 1.29 is 18.4 Å². The average molecular weight is 461 g/mol. The van der Waals surface area contributed by atoms with E-state index < -0.39 is 17.5 Å². The van der Waals surface area contributed by atoms with Crippen molar-refractivity contribution in [3.05, 3.63) is 82.1 Å². The molecule has 7 nitrogen and oxygen atoms in total. The minimum atomic E-state index is -1.20. The van der Waals surface area contributed by atoms with Crippen LogP contribution in [0.3, 0.4) is 0 Å². The Labute approximate surface area is 184 Å². The number of nitrogens with two attached hydrogens (primary N) is 1. The van der Waals surface area contributed by atoms with Crippen molar-refractivity contribution >= 4 is 45.8 Å². The van der Waals surface area contributed by atoms with Crippen LogP contribution in [0.15, 0.2) is 53.7 Å². The highest BCUT2D eigenvalue weighted by Gasteiger charge is 2.21. The van der Waals surface area contributed by atoms with Crippen molar-refractivity contribution in [3.63, 3.8) is 0 Å². The number of nitrogen functional groups attached to an aromatic ring is 1.